The van der Waals surface area contributed by atoms with Crippen molar-refractivity contribution >= 4 is 52.9 Å². The van der Waals surface area contributed by atoms with Crippen molar-refractivity contribution in [3.63, 3.8) is 0 Å². The van der Waals surface area contributed by atoms with E-state index in [1.807, 2.05) is 26.0 Å². The molecular formula is C34H46ClN6O2P. The number of nitrogens with zero attached hydrogens (tertiary/aromatic N) is 4. The maximum Gasteiger partial charge on any atom is 0.229 e. The molecule has 2 aliphatic heterocycles. The average molecular weight is 637 g/mol. The van der Waals surface area contributed by atoms with Crippen LogP contribution in [0.4, 0.5) is 28.8 Å². The molecule has 8 nitrogen and oxygen atoms in total. The Labute approximate surface area is 267 Å². The number of methoxy groups -OCH3 is 1. The van der Waals surface area contributed by atoms with Gasteiger partial charge in [0, 0.05) is 42.1 Å². The van der Waals surface area contributed by atoms with Crippen molar-refractivity contribution in [3.8, 4) is 5.75 Å². The van der Waals surface area contributed by atoms with Crippen molar-refractivity contribution in [3.05, 3.63) is 52.2 Å². The number of piperidine rings is 1. The average Bonchev–Trinajstić information content (AvgIpc) is 3.79. The van der Waals surface area contributed by atoms with Crippen LogP contribution in [0, 0.1) is 25.2 Å². The van der Waals surface area contributed by atoms with Crippen molar-refractivity contribution in [2.24, 2.45) is 11.3 Å². The fraction of sp³-hybridized carbons (Fsp3) is 0.529. The van der Waals surface area contributed by atoms with Gasteiger partial charge in [-0.05, 0) is 107 Å². The second kappa shape index (κ2) is 12.2. The van der Waals surface area contributed by atoms with E-state index in [0.717, 1.165) is 59.0 Å². The van der Waals surface area contributed by atoms with Crippen LogP contribution in [-0.2, 0) is 11.0 Å². The number of halogens is 1. The van der Waals surface area contributed by atoms with Crippen LogP contribution in [0.2, 0.25) is 5.02 Å². The van der Waals surface area contributed by atoms with Crippen molar-refractivity contribution in [1.82, 2.24) is 14.9 Å². The van der Waals surface area contributed by atoms with Crippen LogP contribution in [0.5, 0.6) is 5.75 Å². The lowest BCUT2D eigenvalue weighted by Gasteiger charge is -2.55. The maximum atomic E-state index is 13.2. The van der Waals surface area contributed by atoms with E-state index in [4.69, 9.17) is 21.3 Å². The summed E-state index contributed by atoms with van der Waals surface area (Å²) >= 11 is 6.55. The van der Waals surface area contributed by atoms with Gasteiger partial charge in [0.15, 0.2) is 5.82 Å². The maximum absolute atomic E-state index is 13.2. The minimum atomic E-state index is -2.57. The van der Waals surface area contributed by atoms with Gasteiger partial charge in [-0.1, -0.05) is 24.6 Å². The molecule has 0 bridgehead atoms. The number of hydrogen-bond acceptors (Lipinski definition) is 8. The number of benzene rings is 2. The molecule has 0 unspecified atom stereocenters. The summed E-state index contributed by atoms with van der Waals surface area (Å²) in [6, 6.07) is 8.28. The van der Waals surface area contributed by atoms with Crippen LogP contribution < -0.4 is 25.6 Å². The Balaban J connectivity index is 1.19. The van der Waals surface area contributed by atoms with Crippen LogP contribution in [0.3, 0.4) is 0 Å². The van der Waals surface area contributed by atoms with Crippen LogP contribution in [0.1, 0.15) is 49.3 Å². The predicted octanol–water partition coefficient (Wildman–Crippen LogP) is 7.37. The molecule has 0 atom stereocenters. The molecule has 0 radical (unpaired) electrons. The molecule has 10 heteroatoms. The van der Waals surface area contributed by atoms with Gasteiger partial charge < -0.3 is 29.7 Å². The number of anilines is 5. The van der Waals surface area contributed by atoms with Gasteiger partial charge in [-0.3, -0.25) is 0 Å². The molecule has 0 amide bonds. The molecule has 3 fully saturated rings. The number of aromatic nitrogens is 2. The molecule has 1 aromatic heterocycles. The highest BCUT2D eigenvalue weighted by molar-refractivity contribution is 7.70. The Morgan fingerprint density at radius 2 is 1.82 bits per heavy atom. The quantitative estimate of drug-likeness (QED) is 0.223. The lowest BCUT2D eigenvalue weighted by Crippen LogP contribution is -2.60. The standard InChI is InChI=1S/C34H46ClN6O2P/c1-7-25-16-28(30(43-4)17-29(25)41-20-34(21-41)12-14-40(15-13-34)19-24-9-10-24)38-33-36-18-26(35)32(39-33)37-27-11-8-22(2)23(3)31(27)44(5,6)42/h8,11,16-18,24H,7,9-10,12-15,19-21H2,1-6H3,(H2,36,37,38,39). The van der Waals surface area contributed by atoms with Crippen LogP contribution in [-0.4, -0.2) is 68.0 Å². The first-order valence-corrected chi connectivity index (χ1v) is 18.9. The molecular weight excluding hydrogens is 591 g/mol. The SMILES string of the molecule is CCc1cc(Nc2ncc(Cl)c(Nc3ccc(C)c(C)c3P(C)(C)=O)n2)c(OC)cc1N1CC2(CCN(CC3CC3)CC2)C1. The highest BCUT2D eigenvalue weighted by Gasteiger charge is 2.45. The van der Waals surface area contributed by atoms with Gasteiger partial charge in [-0.25, -0.2) is 4.98 Å². The third kappa shape index (κ3) is 6.45. The van der Waals surface area contributed by atoms with E-state index in [1.54, 1.807) is 26.6 Å². The summed E-state index contributed by atoms with van der Waals surface area (Å²) in [6.45, 7) is 15.8. The van der Waals surface area contributed by atoms with Crippen LogP contribution in [0.15, 0.2) is 30.5 Å². The van der Waals surface area contributed by atoms with Gasteiger partial charge in [0.05, 0.1) is 24.7 Å². The highest BCUT2D eigenvalue weighted by Crippen LogP contribution is 2.46. The third-order valence-corrected chi connectivity index (χ3v) is 11.7. The van der Waals surface area contributed by atoms with Gasteiger partial charge in [0.25, 0.3) is 0 Å². The summed E-state index contributed by atoms with van der Waals surface area (Å²) in [5.41, 5.74) is 6.63. The van der Waals surface area contributed by atoms with Gasteiger partial charge >= 0.3 is 0 Å². The molecule has 2 aromatic carbocycles. The largest absolute Gasteiger partial charge is 0.494 e. The van der Waals surface area contributed by atoms with E-state index in [-0.39, 0.29) is 0 Å². The minimum absolute atomic E-state index is 0.378. The zero-order chi connectivity index (χ0) is 31.2. The zero-order valence-electron chi connectivity index (χ0n) is 27.0. The number of ether oxygens (including phenoxy) is 1. The summed E-state index contributed by atoms with van der Waals surface area (Å²) in [5.74, 6) is 2.56. The lowest BCUT2D eigenvalue weighted by molar-refractivity contribution is 0.0738. The van der Waals surface area contributed by atoms with E-state index in [9.17, 15) is 4.57 Å². The predicted molar refractivity (Wildman–Crippen MR) is 184 cm³/mol. The van der Waals surface area contributed by atoms with Crippen molar-refractivity contribution in [1.29, 1.82) is 0 Å². The minimum Gasteiger partial charge on any atom is -0.494 e. The Kier molecular flexibility index (Phi) is 8.64. The van der Waals surface area contributed by atoms with Crippen molar-refractivity contribution in [2.75, 3.05) is 68.7 Å². The first-order chi connectivity index (χ1) is 21.0. The topological polar surface area (TPSA) is 82.6 Å². The molecule has 3 heterocycles. The summed E-state index contributed by atoms with van der Waals surface area (Å²) < 4.78 is 19.1. The van der Waals surface area contributed by atoms with E-state index < -0.39 is 7.14 Å². The Morgan fingerprint density at radius 1 is 1.09 bits per heavy atom. The number of likely N-dealkylation sites (tertiary alicyclic amines) is 1. The van der Waals surface area contributed by atoms with Crippen molar-refractivity contribution < 1.29 is 9.30 Å². The number of aryl methyl sites for hydroxylation is 2. The van der Waals surface area contributed by atoms with Gasteiger partial charge in [0.1, 0.15) is 17.9 Å². The highest BCUT2D eigenvalue weighted by atomic mass is 35.5. The third-order valence-electron chi connectivity index (χ3n) is 9.79. The molecule has 44 heavy (non-hydrogen) atoms. The number of nitrogens with one attached hydrogen (secondary N) is 2. The lowest BCUT2D eigenvalue weighted by atomic mass is 9.71. The molecule has 2 N–H and O–H groups in total. The Hall–Kier alpha value is -2.80. The smallest absolute Gasteiger partial charge is 0.229 e. The van der Waals surface area contributed by atoms with Gasteiger partial charge in [-0.15, -0.1) is 0 Å². The number of rotatable bonds is 10. The van der Waals surface area contributed by atoms with E-state index >= 15 is 0 Å². The van der Waals surface area contributed by atoms with Crippen LogP contribution in [0.25, 0.3) is 0 Å². The molecule has 6 rings (SSSR count). The molecule has 1 saturated carbocycles. The summed E-state index contributed by atoms with van der Waals surface area (Å²) in [5, 5.41) is 7.90. The van der Waals surface area contributed by atoms with E-state index in [2.05, 4.69) is 44.5 Å². The monoisotopic (exact) mass is 636 g/mol. The fourth-order valence-corrected chi connectivity index (χ4v) is 8.78. The Bertz CT molecular complexity index is 1590. The van der Waals surface area contributed by atoms with Crippen molar-refractivity contribution in [2.45, 2.75) is 52.9 Å². The molecule has 1 spiro atoms. The molecule has 1 aliphatic carbocycles. The van der Waals surface area contributed by atoms with E-state index in [1.165, 1.54) is 56.6 Å². The molecule has 2 saturated heterocycles. The fourth-order valence-electron chi connectivity index (χ4n) is 6.94. The van der Waals surface area contributed by atoms with Gasteiger partial charge in [0.2, 0.25) is 5.95 Å². The first-order valence-electron chi connectivity index (χ1n) is 15.9. The summed E-state index contributed by atoms with van der Waals surface area (Å²) in [7, 11) is -0.872. The number of hydrogen-bond donors (Lipinski definition) is 2. The van der Waals surface area contributed by atoms with Gasteiger partial charge in [-0.2, -0.15) is 4.98 Å². The second-order valence-electron chi connectivity index (χ2n) is 13.5. The zero-order valence-corrected chi connectivity index (χ0v) is 28.6. The Morgan fingerprint density at radius 3 is 2.45 bits per heavy atom. The van der Waals surface area contributed by atoms with E-state index in [0.29, 0.717) is 22.2 Å². The normalized spacial score (nSPS) is 18.3. The molecule has 236 valence electrons. The molecule has 3 aliphatic rings. The molecule has 3 aromatic rings. The summed E-state index contributed by atoms with van der Waals surface area (Å²) in [6.07, 6.45) is 7.95. The first kappa shape index (κ1) is 31.2. The summed E-state index contributed by atoms with van der Waals surface area (Å²) in [4.78, 5) is 14.4. The second-order valence-corrected chi connectivity index (χ2v) is 17.1. The van der Waals surface area contributed by atoms with Crippen LogP contribution >= 0.6 is 18.7 Å².